The van der Waals surface area contributed by atoms with Crippen LogP contribution in [0.25, 0.3) is 0 Å². The van der Waals surface area contributed by atoms with Crippen molar-refractivity contribution in [3.63, 3.8) is 0 Å². The molecule has 0 fully saturated rings. The van der Waals surface area contributed by atoms with E-state index in [1.165, 1.54) is 6.26 Å². The van der Waals surface area contributed by atoms with Crippen molar-refractivity contribution in [2.24, 2.45) is 5.73 Å². The quantitative estimate of drug-likeness (QED) is 0.337. The standard InChI is InChI=1S/C15H22N2O5/c1-11(17-22-8-7-20-2)10-21-13-5-3-12(4-6-13)9-14(16)15(18)19/h3-6,10,14,17H,7-9,16H2,1-2H3,(H,18,19)/b11-10-. The number of carbonyl (C=O) groups is 1. The third-order valence-corrected chi connectivity index (χ3v) is 2.69. The average molecular weight is 310 g/mol. The number of benzene rings is 1. The van der Waals surface area contributed by atoms with Crippen molar-refractivity contribution in [3.05, 3.63) is 41.8 Å². The number of hydroxylamine groups is 1. The van der Waals surface area contributed by atoms with Crippen molar-refractivity contribution in [1.29, 1.82) is 0 Å². The maximum atomic E-state index is 10.7. The Morgan fingerprint density at radius 3 is 2.64 bits per heavy atom. The fourth-order valence-corrected chi connectivity index (χ4v) is 1.52. The maximum Gasteiger partial charge on any atom is 0.320 e. The third-order valence-electron chi connectivity index (χ3n) is 2.69. The van der Waals surface area contributed by atoms with Crippen LogP contribution in [-0.4, -0.2) is 37.4 Å². The zero-order valence-corrected chi connectivity index (χ0v) is 12.7. The van der Waals surface area contributed by atoms with Gasteiger partial charge in [0.2, 0.25) is 0 Å². The van der Waals surface area contributed by atoms with Crippen LogP contribution in [0.3, 0.4) is 0 Å². The van der Waals surface area contributed by atoms with Crippen molar-refractivity contribution in [1.82, 2.24) is 5.48 Å². The van der Waals surface area contributed by atoms with Gasteiger partial charge in [0.05, 0.1) is 18.9 Å². The van der Waals surface area contributed by atoms with E-state index in [2.05, 4.69) is 5.48 Å². The molecule has 4 N–H and O–H groups in total. The minimum Gasteiger partial charge on any atom is -0.480 e. The predicted molar refractivity (Wildman–Crippen MR) is 81.1 cm³/mol. The Hall–Kier alpha value is -2.09. The van der Waals surface area contributed by atoms with Crippen LogP contribution in [-0.2, 0) is 20.8 Å². The van der Waals surface area contributed by atoms with E-state index in [4.69, 9.17) is 25.2 Å². The Kier molecular flexibility index (Phi) is 7.98. The van der Waals surface area contributed by atoms with Gasteiger partial charge in [-0.25, -0.2) is 0 Å². The summed E-state index contributed by atoms with van der Waals surface area (Å²) >= 11 is 0. The van der Waals surface area contributed by atoms with Crippen LogP contribution in [0, 0.1) is 0 Å². The molecule has 0 aliphatic heterocycles. The highest BCUT2D eigenvalue weighted by atomic mass is 16.7. The highest BCUT2D eigenvalue weighted by Gasteiger charge is 2.11. The highest BCUT2D eigenvalue weighted by molar-refractivity contribution is 5.73. The summed E-state index contributed by atoms with van der Waals surface area (Å²) in [6.45, 7) is 2.73. The number of nitrogens with one attached hydrogen (secondary N) is 1. The van der Waals surface area contributed by atoms with Crippen LogP contribution in [0.5, 0.6) is 5.75 Å². The lowest BCUT2D eigenvalue weighted by atomic mass is 10.1. The number of allylic oxidation sites excluding steroid dienone is 1. The van der Waals surface area contributed by atoms with Gasteiger partial charge in [0.25, 0.3) is 0 Å². The molecule has 1 unspecified atom stereocenters. The van der Waals surface area contributed by atoms with Gasteiger partial charge in [-0.15, -0.1) is 0 Å². The average Bonchev–Trinajstić information content (AvgIpc) is 2.50. The van der Waals surface area contributed by atoms with Crippen molar-refractivity contribution in [2.45, 2.75) is 19.4 Å². The number of rotatable bonds is 10. The molecule has 0 aromatic heterocycles. The van der Waals surface area contributed by atoms with Gasteiger partial charge in [0.1, 0.15) is 18.1 Å². The van der Waals surface area contributed by atoms with E-state index < -0.39 is 12.0 Å². The lowest BCUT2D eigenvalue weighted by Gasteiger charge is -2.08. The molecule has 0 spiro atoms. The molecule has 122 valence electrons. The van der Waals surface area contributed by atoms with Crippen molar-refractivity contribution < 1.29 is 24.2 Å². The number of hydrogen-bond donors (Lipinski definition) is 3. The number of carboxylic acids is 1. The topological polar surface area (TPSA) is 103 Å². The molecular formula is C15H22N2O5. The molecule has 0 aliphatic rings. The fraction of sp³-hybridized carbons (Fsp3) is 0.400. The molecule has 1 atom stereocenters. The van der Waals surface area contributed by atoms with E-state index >= 15 is 0 Å². The Morgan fingerprint density at radius 1 is 1.36 bits per heavy atom. The molecule has 22 heavy (non-hydrogen) atoms. The van der Waals surface area contributed by atoms with Gasteiger partial charge < -0.3 is 20.3 Å². The monoisotopic (exact) mass is 310 g/mol. The highest BCUT2D eigenvalue weighted by Crippen LogP contribution is 2.14. The van der Waals surface area contributed by atoms with Gasteiger partial charge in [-0.2, -0.15) is 0 Å². The van der Waals surface area contributed by atoms with Gasteiger partial charge in [-0.05, 0) is 31.0 Å². The summed E-state index contributed by atoms with van der Waals surface area (Å²) in [6.07, 6.45) is 1.80. The van der Waals surface area contributed by atoms with E-state index in [0.717, 1.165) is 5.56 Å². The SMILES string of the molecule is COCCON/C(C)=C\Oc1ccc(CC(N)C(=O)O)cc1. The van der Waals surface area contributed by atoms with Crippen LogP contribution >= 0.6 is 0 Å². The van der Waals surface area contributed by atoms with Crippen molar-refractivity contribution >= 4 is 5.97 Å². The molecule has 0 heterocycles. The molecule has 1 aromatic rings. The summed E-state index contributed by atoms with van der Waals surface area (Å²) in [5.74, 6) is -0.385. The molecule has 7 nitrogen and oxygen atoms in total. The number of nitrogens with two attached hydrogens (primary N) is 1. The largest absolute Gasteiger partial charge is 0.480 e. The zero-order valence-electron chi connectivity index (χ0n) is 12.7. The van der Waals surface area contributed by atoms with Crippen LogP contribution in [0.15, 0.2) is 36.2 Å². The molecule has 7 heteroatoms. The summed E-state index contributed by atoms with van der Waals surface area (Å²) in [4.78, 5) is 15.8. The lowest BCUT2D eigenvalue weighted by Crippen LogP contribution is -2.32. The first-order chi connectivity index (χ1) is 10.5. The van der Waals surface area contributed by atoms with Crippen molar-refractivity contribution in [2.75, 3.05) is 20.3 Å². The lowest BCUT2D eigenvalue weighted by molar-refractivity contribution is -0.138. The molecule has 0 bridgehead atoms. The first kappa shape index (κ1) is 18.0. The molecule has 0 amide bonds. The van der Waals surface area contributed by atoms with E-state index in [1.807, 2.05) is 0 Å². The van der Waals surface area contributed by atoms with Gasteiger partial charge in [-0.1, -0.05) is 12.1 Å². The molecule has 1 rings (SSSR count). The minimum absolute atomic E-state index is 0.277. The summed E-state index contributed by atoms with van der Waals surface area (Å²) < 4.78 is 10.3. The zero-order chi connectivity index (χ0) is 16.4. The molecule has 1 aromatic carbocycles. The second-order valence-electron chi connectivity index (χ2n) is 4.65. The Morgan fingerprint density at radius 2 is 2.05 bits per heavy atom. The van der Waals surface area contributed by atoms with E-state index in [-0.39, 0.29) is 6.42 Å². The van der Waals surface area contributed by atoms with Gasteiger partial charge in [0, 0.05) is 7.11 Å². The van der Waals surface area contributed by atoms with E-state index in [9.17, 15) is 4.79 Å². The first-order valence-corrected chi connectivity index (χ1v) is 6.80. The van der Waals surface area contributed by atoms with E-state index in [1.54, 1.807) is 38.3 Å². The molecule has 0 radical (unpaired) electrons. The third kappa shape index (κ3) is 7.07. The molecule has 0 saturated carbocycles. The van der Waals surface area contributed by atoms with Crippen LogP contribution in [0.4, 0.5) is 0 Å². The first-order valence-electron chi connectivity index (χ1n) is 6.80. The van der Waals surface area contributed by atoms with Crippen LogP contribution in [0.2, 0.25) is 0 Å². The van der Waals surface area contributed by atoms with Crippen LogP contribution in [0.1, 0.15) is 12.5 Å². The fourth-order valence-electron chi connectivity index (χ4n) is 1.52. The summed E-state index contributed by atoms with van der Waals surface area (Å²) in [7, 11) is 1.60. The Balaban J connectivity index is 2.42. The number of carboxylic acid groups (broad SMARTS) is 1. The summed E-state index contributed by atoms with van der Waals surface area (Å²) in [6, 6.07) is 6.16. The molecule has 0 aliphatic carbocycles. The molecule has 0 saturated heterocycles. The van der Waals surface area contributed by atoms with Gasteiger partial charge in [0.15, 0.2) is 0 Å². The molecular weight excluding hydrogens is 288 g/mol. The smallest absolute Gasteiger partial charge is 0.320 e. The predicted octanol–water partition coefficient (Wildman–Crippen LogP) is 1.05. The summed E-state index contributed by atoms with van der Waals surface area (Å²) in [5, 5.41) is 8.76. The van der Waals surface area contributed by atoms with Gasteiger partial charge in [-0.3, -0.25) is 15.1 Å². The van der Waals surface area contributed by atoms with Gasteiger partial charge >= 0.3 is 5.97 Å². The summed E-state index contributed by atoms with van der Waals surface area (Å²) in [5.41, 5.74) is 9.73. The Labute approximate surface area is 129 Å². The Bertz CT molecular complexity index is 487. The maximum absolute atomic E-state index is 10.7. The second-order valence-corrected chi connectivity index (χ2v) is 4.65. The number of hydrogen-bond acceptors (Lipinski definition) is 6. The van der Waals surface area contributed by atoms with E-state index in [0.29, 0.717) is 24.7 Å². The second kappa shape index (κ2) is 9.78. The number of aliphatic carboxylic acids is 1. The van der Waals surface area contributed by atoms with Crippen LogP contribution < -0.4 is 16.0 Å². The normalized spacial score (nSPS) is 12.8. The number of ether oxygens (including phenoxy) is 2. The number of methoxy groups -OCH3 is 1. The van der Waals surface area contributed by atoms with Crippen molar-refractivity contribution in [3.8, 4) is 5.75 Å². The minimum atomic E-state index is -1.02.